The number of benzene rings is 1. The van der Waals surface area contributed by atoms with Crippen LogP contribution in [0.4, 0.5) is 5.13 Å². The van der Waals surface area contributed by atoms with Crippen molar-refractivity contribution >= 4 is 38.2 Å². The maximum atomic E-state index is 12.4. The number of hydrogen-bond acceptors (Lipinski definition) is 6. The topological polar surface area (TPSA) is 81.4 Å². The molecule has 1 N–H and O–H groups in total. The number of thiazole rings is 1. The predicted octanol–water partition coefficient (Wildman–Crippen LogP) is 2.99. The molecule has 0 radical (unpaired) electrons. The molecule has 3 heterocycles. The fourth-order valence-corrected chi connectivity index (χ4v) is 3.24. The molecular formula is C16H13N5O2S. The Labute approximate surface area is 140 Å². The number of ether oxygens (including phenoxy) is 1. The summed E-state index contributed by atoms with van der Waals surface area (Å²) >= 11 is 1.41. The standard InChI is InChI=1S/C16H13N5O2S/c1-2-23-11-4-5-12-13(7-11)24-16(18-12)19-15(22)10-3-6-14-20-17-9-21(14)8-10/h3-9H,2H2,1H3,(H,18,19,22). The number of carbonyl (C=O) groups excluding carboxylic acids is 1. The van der Waals surface area contributed by atoms with Gasteiger partial charge < -0.3 is 4.74 Å². The zero-order valence-corrected chi connectivity index (χ0v) is 13.6. The van der Waals surface area contributed by atoms with Crippen LogP contribution in [0, 0.1) is 0 Å². The third kappa shape index (κ3) is 2.67. The van der Waals surface area contributed by atoms with Crippen molar-refractivity contribution in [1.29, 1.82) is 0 Å². The van der Waals surface area contributed by atoms with E-state index in [2.05, 4.69) is 20.5 Å². The number of fused-ring (bicyclic) bond motifs is 2. The molecule has 0 spiro atoms. The van der Waals surface area contributed by atoms with Crippen LogP contribution in [0.5, 0.6) is 5.75 Å². The number of hydrogen-bond donors (Lipinski definition) is 1. The summed E-state index contributed by atoms with van der Waals surface area (Å²) in [4.78, 5) is 16.8. The molecule has 0 bridgehead atoms. The number of amides is 1. The summed E-state index contributed by atoms with van der Waals surface area (Å²) in [6, 6.07) is 9.14. The van der Waals surface area contributed by atoms with E-state index in [4.69, 9.17) is 4.74 Å². The zero-order valence-electron chi connectivity index (χ0n) is 12.8. The van der Waals surface area contributed by atoms with Crippen LogP contribution in [0.15, 0.2) is 42.9 Å². The average molecular weight is 339 g/mol. The van der Waals surface area contributed by atoms with Crippen LogP contribution in [-0.2, 0) is 0 Å². The minimum atomic E-state index is -0.227. The second-order valence-electron chi connectivity index (χ2n) is 5.05. The number of nitrogens with one attached hydrogen (secondary N) is 1. The van der Waals surface area contributed by atoms with E-state index in [1.54, 1.807) is 29.1 Å². The molecule has 4 rings (SSSR count). The van der Waals surface area contributed by atoms with Crippen LogP contribution in [0.2, 0.25) is 0 Å². The van der Waals surface area contributed by atoms with E-state index in [0.717, 1.165) is 16.0 Å². The fraction of sp³-hybridized carbons (Fsp3) is 0.125. The summed E-state index contributed by atoms with van der Waals surface area (Å²) < 4.78 is 8.14. The lowest BCUT2D eigenvalue weighted by Crippen LogP contribution is -2.12. The molecule has 0 fully saturated rings. The monoisotopic (exact) mass is 339 g/mol. The third-order valence-electron chi connectivity index (χ3n) is 3.44. The van der Waals surface area contributed by atoms with Crippen molar-refractivity contribution in [3.05, 3.63) is 48.4 Å². The summed E-state index contributed by atoms with van der Waals surface area (Å²) in [6.45, 7) is 2.55. The first-order chi connectivity index (χ1) is 11.7. The highest BCUT2D eigenvalue weighted by Gasteiger charge is 2.11. The predicted molar refractivity (Wildman–Crippen MR) is 91.7 cm³/mol. The molecule has 8 heteroatoms. The van der Waals surface area contributed by atoms with Gasteiger partial charge in [-0.05, 0) is 37.3 Å². The molecule has 0 atom stereocenters. The summed E-state index contributed by atoms with van der Waals surface area (Å²) in [6.07, 6.45) is 3.24. The normalized spacial score (nSPS) is 11.0. The number of carbonyl (C=O) groups is 1. The van der Waals surface area contributed by atoms with Crippen molar-refractivity contribution in [2.24, 2.45) is 0 Å². The van der Waals surface area contributed by atoms with E-state index in [1.807, 2.05) is 25.1 Å². The summed E-state index contributed by atoms with van der Waals surface area (Å²) in [5, 5.41) is 11.1. The van der Waals surface area contributed by atoms with Gasteiger partial charge in [-0.25, -0.2) is 4.98 Å². The SMILES string of the molecule is CCOc1ccc2nc(NC(=O)c3ccc4nncn4c3)sc2c1. The largest absolute Gasteiger partial charge is 0.494 e. The van der Waals surface area contributed by atoms with Gasteiger partial charge in [0.2, 0.25) is 0 Å². The average Bonchev–Trinajstić information content (AvgIpc) is 3.19. The first kappa shape index (κ1) is 14.6. The quantitative estimate of drug-likeness (QED) is 0.618. The Balaban J connectivity index is 1.59. The van der Waals surface area contributed by atoms with Gasteiger partial charge in [-0.3, -0.25) is 14.5 Å². The molecule has 120 valence electrons. The second-order valence-corrected chi connectivity index (χ2v) is 6.08. The minimum absolute atomic E-state index is 0.227. The van der Waals surface area contributed by atoms with Crippen molar-refractivity contribution in [3.8, 4) is 5.75 Å². The highest BCUT2D eigenvalue weighted by Crippen LogP contribution is 2.29. The van der Waals surface area contributed by atoms with E-state index >= 15 is 0 Å². The lowest BCUT2D eigenvalue weighted by atomic mass is 10.2. The van der Waals surface area contributed by atoms with Crippen molar-refractivity contribution in [2.75, 3.05) is 11.9 Å². The van der Waals surface area contributed by atoms with Gasteiger partial charge in [0, 0.05) is 6.20 Å². The highest BCUT2D eigenvalue weighted by molar-refractivity contribution is 7.22. The number of nitrogens with zero attached hydrogens (tertiary/aromatic N) is 4. The number of pyridine rings is 1. The van der Waals surface area contributed by atoms with Gasteiger partial charge in [0.05, 0.1) is 22.4 Å². The first-order valence-corrected chi connectivity index (χ1v) is 8.19. The van der Waals surface area contributed by atoms with Crippen molar-refractivity contribution in [1.82, 2.24) is 19.6 Å². The van der Waals surface area contributed by atoms with E-state index in [1.165, 1.54) is 11.3 Å². The molecule has 0 unspecified atom stereocenters. The Morgan fingerprint density at radius 1 is 1.33 bits per heavy atom. The van der Waals surface area contributed by atoms with Gasteiger partial charge in [0.25, 0.3) is 5.91 Å². The molecule has 1 aromatic carbocycles. The van der Waals surface area contributed by atoms with Gasteiger partial charge in [0.1, 0.15) is 12.1 Å². The molecule has 0 aliphatic heterocycles. The number of aromatic nitrogens is 4. The molecule has 3 aromatic heterocycles. The minimum Gasteiger partial charge on any atom is -0.494 e. The summed E-state index contributed by atoms with van der Waals surface area (Å²) in [5.74, 6) is 0.569. The Hall–Kier alpha value is -3.00. The molecule has 0 aliphatic rings. The zero-order chi connectivity index (χ0) is 16.5. The van der Waals surface area contributed by atoms with E-state index in [9.17, 15) is 4.79 Å². The van der Waals surface area contributed by atoms with Gasteiger partial charge in [-0.2, -0.15) is 0 Å². The van der Waals surface area contributed by atoms with Crippen LogP contribution >= 0.6 is 11.3 Å². The van der Waals surface area contributed by atoms with Crippen LogP contribution in [0.3, 0.4) is 0 Å². The van der Waals surface area contributed by atoms with Crippen LogP contribution in [-0.4, -0.2) is 32.1 Å². The Morgan fingerprint density at radius 3 is 3.12 bits per heavy atom. The highest BCUT2D eigenvalue weighted by atomic mass is 32.1. The Morgan fingerprint density at radius 2 is 2.25 bits per heavy atom. The summed E-state index contributed by atoms with van der Waals surface area (Å²) in [5.41, 5.74) is 2.03. The maximum Gasteiger partial charge on any atom is 0.258 e. The fourth-order valence-electron chi connectivity index (χ4n) is 2.35. The van der Waals surface area contributed by atoms with Crippen LogP contribution < -0.4 is 10.1 Å². The van der Waals surface area contributed by atoms with Crippen molar-refractivity contribution in [2.45, 2.75) is 6.92 Å². The molecule has 0 saturated carbocycles. The molecule has 1 amide bonds. The molecular weight excluding hydrogens is 326 g/mol. The molecule has 7 nitrogen and oxygen atoms in total. The van der Waals surface area contributed by atoms with Gasteiger partial charge >= 0.3 is 0 Å². The second kappa shape index (κ2) is 5.89. The molecule has 24 heavy (non-hydrogen) atoms. The molecule has 4 aromatic rings. The third-order valence-corrected chi connectivity index (χ3v) is 4.38. The number of rotatable bonds is 4. The van der Waals surface area contributed by atoms with E-state index < -0.39 is 0 Å². The van der Waals surface area contributed by atoms with Crippen molar-refractivity contribution < 1.29 is 9.53 Å². The lowest BCUT2D eigenvalue weighted by Gasteiger charge is -2.01. The Bertz CT molecular complexity index is 1040. The molecule has 0 saturated heterocycles. The van der Waals surface area contributed by atoms with Gasteiger partial charge in [-0.1, -0.05) is 11.3 Å². The van der Waals surface area contributed by atoms with Crippen LogP contribution in [0.1, 0.15) is 17.3 Å². The first-order valence-electron chi connectivity index (χ1n) is 7.37. The van der Waals surface area contributed by atoms with Crippen molar-refractivity contribution in [3.63, 3.8) is 0 Å². The van der Waals surface area contributed by atoms with Crippen LogP contribution in [0.25, 0.3) is 15.9 Å². The van der Waals surface area contributed by atoms with E-state index in [0.29, 0.717) is 22.9 Å². The maximum absolute atomic E-state index is 12.4. The Kier molecular flexibility index (Phi) is 3.58. The van der Waals surface area contributed by atoms with Gasteiger partial charge in [-0.15, -0.1) is 10.2 Å². The number of anilines is 1. The molecule has 0 aliphatic carbocycles. The van der Waals surface area contributed by atoms with E-state index in [-0.39, 0.29) is 5.91 Å². The summed E-state index contributed by atoms with van der Waals surface area (Å²) in [7, 11) is 0. The smallest absolute Gasteiger partial charge is 0.258 e. The lowest BCUT2D eigenvalue weighted by molar-refractivity contribution is 0.102. The van der Waals surface area contributed by atoms with Gasteiger partial charge in [0.15, 0.2) is 10.8 Å².